The van der Waals surface area contributed by atoms with Crippen LogP contribution in [-0.4, -0.2) is 16.0 Å². The van der Waals surface area contributed by atoms with Gasteiger partial charge in [-0.05, 0) is 44.0 Å². The predicted molar refractivity (Wildman–Crippen MR) is 82.1 cm³/mol. The molecule has 20 heavy (non-hydrogen) atoms. The molecule has 1 N–H and O–H groups in total. The monoisotopic (exact) mass is 307 g/mol. The Morgan fingerprint density at radius 1 is 1.15 bits per heavy atom. The van der Waals surface area contributed by atoms with Crippen molar-refractivity contribution >= 4 is 23.2 Å². The van der Waals surface area contributed by atoms with Crippen LogP contribution in [0.2, 0.25) is 10.0 Å². The fourth-order valence-corrected chi connectivity index (χ4v) is 2.32. The van der Waals surface area contributed by atoms with Gasteiger partial charge in [-0.2, -0.15) is 0 Å². The highest BCUT2D eigenvalue weighted by molar-refractivity contribution is 6.42. The van der Waals surface area contributed by atoms with Crippen LogP contribution >= 0.6 is 23.2 Å². The lowest BCUT2D eigenvalue weighted by Gasteiger charge is -2.08. The molecule has 0 saturated heterocycles. The number of nitrogens with one attached hydrogen (secondary N) is 1. The molecule has 0 bridgehead atoms. The van der Waals surface area contributed by atoms with Crippen molar-refractivity contribution in [2.24, 2.45) is 0 Å². The van der Waals surface area contributed by atoms with E-state index in [1.54, 1.807) is 12.1 Å². The molecule has 3 rings (SSSR count). The normalized spacial score (nSPS) is 14.6. The summed E-state index contributed by atoms with van der Waals surface area (Å²) in [5.41, 5.74) is 2.84. The molecular weight excluding hydrogens is 293 g/mol. The largest absolute Gasteiger partial charge is 0.308 e. The number of aromatic nitrogens is 2. The molecule has 3 nitrogen and oxygen atoms in total. The topological polar surface area (TPSA) is 37.8 Å². The maximum atomic E-state index is 6.05. The van der Waals surface area contributed by atoms with Gasteiger partial charge in [0.1, 0.15) is 0 Å². The van der Waals surface area contributed by atoms with E-state index in [0.717, 1.165) is 23.5 Å². The van der Waals surface area contributed by atoms with Gasteiger partial charge in [0.2, 0.25) is 0 Å². The van der Waals surface area contributed by atoms with E-state index in [4.69, 9.17) is 23.2 Å². The molecule has 5 heteroatoms. The number of aryl methyl sites for hydroxylation is 1. The van der Waals surface area contributed by atoms with Gasteiger partial charge in [0.25, 0.3) is 0 Å². The zero-order valence-corrected chi connectivity index (χ0v) is 12.7. The summed E-state index contributed by atoms with van der Waals surface area (Å²) in [7, 11) is 0. The fourth-order valence-electron chi connectivity index (χ4n) is 2.02. The number of halogens is 2. The van der Waals surface area contributed by atoms with Crippen molar-refractivity contribution in [2.75, 3.05) is 0 Å². The van der Waals surface area contributed by atoms with Crippen LogP contribution < -0.4 is 5.32 Å². The quantitative estimate of drug-likeness (QED) is 0.927. The molecule has 0 amide bonds. The standard InChI is InChI=1S/C15H15Cl2N3/c1-9-6-12(8-18-11-3-4-11)20-15(19-9)10-2-5-13(16)14(17)7-10/h2,5-7,11,18H,3-4,8H2,1H3. The van der Waals surface area contributed by atoms with Crippen molar-refractivity contribution in [3.05, 3.63) is 45.7 Å². The van der Waals surface area contributed by atoms with E-state index in [0.29, 0.717) is 21.9 Å². The Hall–Kier alpha value is -1.16. The number of hydrogen-bond donors (Lipinski definition) is 1. The van der Waals surface area contributed by atoms with E-state index < -0.39 is 0 Å². The molecule has 1 aromatic carbocycles. The second-order valence-corrected chi connectivity index (χ2v) is 5.92. The first-order valence-corrected chi connectivity index (χ1v) is 7.41. The number of benzene rings is 1. The summed E-state index contributed by atoms with van der Waals surface area (Å²) in [6.45, 7) is 2.76. The molecule has 1 fully saturated rings. The molecule has 1 saturated carbocycles. The van der Waals surface area contributed by atoms with Crippen molar-refractivity contribution in [1.82, 2.24) is 15.3 Å². The van der Waals surface area contributed by atoms with Gasteiger partial charge < -0.3 is 5.32 Å². The fraction of sp³-hybridized carbons (Fsp3) is 0.333. The average molecular weight is 308 g/mol. The van der Waals surface area contributed by atoms with Gasteiger partial charge >= 0.3 is 0 Å². The van der Waals surface area contributed by atoms with Crippen LogP contribution in [0.3, 0.4) is 0 Å². The zero-order valence-electron chi connectivity index (χ0n) is 11.2. The third kappa shape index (κ3) is 3.29. The van der Waals surface area contributed by atoms with E-state index in [-0.39, 0.29) is 0 Å². The molecule has 104 valence electrons. The van der Waals surface area contributed by atoms with E-state index >= 15 is 0 Å². The number of nitrogens with zero attached hydrogens (tertiary/aromatic N) is 2. The van der Waals surface area contributed by atoms with Crippen molar-refractivity contribution < 1.29 is 0 Å². The Morgan fingerprint density at radius 2 is 1.95 bits per heavy atom. The summed E-state index contributed by atoms with van der Waals surface area (Å²) in [6, 6.07) is 8.14. The van der Waals surface area contributed by atoms with Crippen LogP contribution in [-0.2, 0) is 6.54 Å². The van der Waals surface area contributed by atoms with Gasteiger partial charge in [-0.1, -0.05) is 23.2 Å². The Bertz CT molecular complexity index is 639. The van der Waals surface area contributed by atoms with E-state index in [1.807, 2.05) is 19.1 Å². The van der Waals surface area contributed by atoms with Crippen LogP contribution in [0.4, 0.5) is 0 Å². The molecule has 2 aromatic rings. The summed E-state index contributed by atoms with van der Waals surface area (Å²) in [4.78, 5) is 9.08. The van der Waals surface area contributed by atoms with Crippen LogP contribution in [0.25, 0.3) is 11.4 Å². The van der Waals surface area contributed by atoms with Gasteiger partial charge in [0.15, 0.2) is 5.82 Å². The third-order valence-corrected chi connectivity index (χ3v) is 3.97. The minimum absolute atomic E-state index is 0.520. The van der Waals surface area contributed by atoms with Gasteiger partial charge in [-0.25, -0.2) is 9.97 Å². The molecule has 0 unspecified atom stereocenters. The lowest BCUT2D eigenvalue weighted by Crippen LogP contribution is -2.16. The number of rotatable bonds is 4. The van der Waals surface area contributed by atoms with Crippen LogP contribution in [0.5, 0.6) is 0 Å². The van der Waals surface area contributed by atoms with Gasteiger partial charge in [0, 0.05) is 23.8 Å². The zero-order chi connectivity index (χ0) is 14.1. The highest BCUT2D eigenvalue weighted by Crippen LogP contribution is 2.27. The molecular formula is C15H15Cl2N3. The van der Waals surface area contributed by atoms with E-state index in [1.165, 1.54) is 12.8 Å². The smallest absolute Gasteiger partial charge is 0.159 e. The van der Waals surface area contributed by atoms with Gasteiger partial charge in [-0.15, -0.1) is 0 Å². The molecule has 0 radical (unpaired) electrons. The van der Waals surface area contributed by atoms with Crippen LogP contribution in [0.15, 0.2) is 24.3 Å². The highest BCUT2D eigenvalue weighted by Gasteiger charge is 2.20. The molecule has 0 spiro atoms. The van der Waals surface area contributed by atoms with Crippen molar-refractivity contribution in [1.29, 1.82) is 0 Å². The molecule has 0 aliphatic heterocycles. The highest BCUT2D eigenvalue weighted by atomic mass is 35.5. The van der Waals surface area contributed by atoms with Crippen LogP contribution in [0.1, 0.15) is 24.2 Å². The Kier molecular flexibility index (Phi) is 3.92. The summed E-state index contributed by atoms with van der Waals surface area (Å²) >= 11 is 12.0. The first-order chi connectivity index (χ1) is 9.61. The van der Waals surface area contributed by atoms with Crippen LogP contribution in [0, 0.1) is 6.92 Å². The van der Waals surface area contributed by atoms with E-state index in [2.05, 4.69) is 15.3 Å². The van der Waals surface area contributed by atoms with Crippen molar-refractivity contribution in [3.63, 3.8) is 0 Å². The first kappa shape index (κ1) is 13.8. The van der Waals surface area contributed by atoms with Gasteiger partial charge in [0.05, 0.1) is 15.7 Å². The molecule has 0 atom stereocenters. The second-order valence-electron chi connectivity index (χ2n) is 5.11. The first-order valence-electron chi connectivity index (χ1n) is 6.65. The summed E-state index contributed by atoms with van der Waals surface area (Å²) in [5, 5.41) is 4.52. The summed E-state index contributed by atoms with van der Waals surface area (Å²) in [5.74, 6) is 0.691. The molecule has 1 aromatic heterocycles. The Balaban J connectivity index is 1.88. The minimum atomic E-state index is 0.520. The third-order valence-electron chi connectivity index (χ3n) is 3.23. The minimum Gasteiger partial charge on any atom is -0.308 e. The molecule has 1 heterocycles. The maximum Gasteiger partial charge on any atom is 0.159 e. The summed E-state index contributed by atoms with van der Waals surface area (Å²) < 4.78 is 0. The summed E-state index contributed by atoms with van der Waals surface area (Å²) in [6.07, 6.45) is 2.54. The molecule has 1 aliphatic rings. The lowest BCUT2D eigenvalue weighted by atomic mass is 10.2. The van der Waals surface area contributed by atoms with E-state index in [9.17, 15) is 0 Å². The SMILES string of the molecule is Cc1cc(CNC2CC2)nc(-c2ccc(Cl)c(Cl)c2)n1. The lowest BCUT2D eigenvalue weighted by molar-refractivity contribution is 0.672. The second kappa shape index (κ2) is 5.68. The van der Waals surface area contributed by atoms with Crippen molar-refractivity contribution in [2.45, 2.75) is 32.4 Å². The number of hydrogen-bond acceptors (Lipinski definition) is 3. The average Bonchev–Trinajstić information content (AvgIpc) is 3.23. The van der Waals surface area contributed by atoms with Crippen molar-refractivity contribution in [3.8, 4) is 11.4 Å². The predicted octanol–water partition coefficient (Wildman–Crippen LogP) is 4.01. The molecule has 1 aliphatic carbocycles. The van der Waals surface area contributed by atoms with Gasteiger partial charge in [-0.3, -0.25) is 0 Å². The Labute approximate surface area is 128 Å². The Morgan fingerprint density at radius 3 is 2.65 bits per heavy atom. The maximum absolute atomic E-state index is 6.05.